The quantitative estimate of drug-likeness (QED) is 0.774. The van der Waals surface area contributed by atoms with Gasteiger partial charge in [-0.15, -0.1) is 0 Å². The Balaban J connectivity index is 1.63. The van der Waals surface area contributed by atoms with Gasteiger partial charge in [0.25, 0.3) is 5.91 Å². The molecule has 6 nitrogen and oxygen atoms in total. The van der Waals surface area contributed by atoms with Crippen LogP contribution in [-0.4, -0.2) is 35.8 Å². The van der Waals surface area contributed by atoms with Crippen molar-refractivity contribution in [2.45, 2.75) is 44.6 Å². The fourth-order valence-electron chi connectivity index (χ4n) is 3.74. The van der Waals surface area contributed by atoms with Crippen molar-refractivity contribution in [3.05, 3.63) is 34.9 Å². The summed E-state index contributed by atoms with van der Waals surface area (Å²) in [6, 6.07) is 6.30. The Morgan fingerprint density at radius 1 is 1.27 bits per heavy atom. The molecule has 1 aromatic rings. The Hall–Kier alpha value is -2.08. The number of imide groups is 1. The third kappa shape index (κ3) is 3.70. The van der Waals surface area contributed by atoms with Gasteiger partial charge in [-0.25, -0.2) is 4.79 Å². The average Bonchev–Trinajstić information content (AvgIpc) is 2.85. The van der Waals surface area contributed by atoms with Gasteiger partial charge in [0.2, 0.25) is 5.91 Å². The smallest absolute Gasteiger partial charge is 0.325 e. The summed E-state index contributed by atoms with van der Waals surface area (Å²) in [5, 5.41) is 5.93. The first-order chi connectivity index (χ1) is 12.4. The number of amides is 4. The Morgan fingerprint density at radius 3 is 2.65 bits per heavy atom. The van der Waals surface area contributed by atoms with E-state index in [9.17, 15) is 14.4 Å². The van der Waals surface area contributed by atoms with Crippen LogP contribution in [0.2, 0.25) is 5.02 Å². The Bertz CT molecular complexity index is 718. The first kappa shape index (κ1) is 18.7. The highest BCUT2D eigenvalue weighted by molar-refractivity contribution is 6.32. The topological polar surface area (TPSA) is 78.5 Å². The number of rotatable bonds is 5. The summed E-state index contributed by atoms with van der Waals surface area (Å²) in [7, 11) is 0. The van der Waals surface area contributed by atoms with Gasteiger partial charge >= 0.3 is 6.03 Å². The highest BCUT2D eigenvalue weighted by Gasteiger charge is 2.50. The van der Waals surface area contributed by atoms with Crippen molar-refractivity contribution in [2.75, 3.05) is 13.1 Å². The van der Waals surface area contributed by atoms with Gasteiger partial charge in [-0.3, -0.25) is 14.5 Å². The van der Waals surface area contributed by atoms with Crippen molar-refractivity contribution in [3.63, 3.8) is 0 Å². The van der Waals surface area contributed by atoms with E-state index in [0.717, 1.165) is 17.7 Å². The van der Waals surface area contributed by atoms with Gasteiger partial charge in [-0.1, -0.05) is 49.1 Å². The van der Waals surface area contributed by atoms with Crippen LogP contribution in [0.25, 0.3) is 0 Å². The van der Waals surface area contributed by atoms with Gasteiger partial charge in [0.15, 0.2) is 0 Å². The van der Waals surface area contributed by atoms with Crippen LogP contribution in [0.5, 0.6) is 0 Å². The molecule has 0 unspecified atom stereocenters. The number of nitrogens with one attached hydrogen (secondary N) is 2. The normalized spacial score (nSPS) is 23.8. The van der Waals surface area contributed by atoms with Crippen molar-refractivity contribution in [3.8, 4) is 0 Å². The van der Waals surface area contributed by atoms with Crippen molar-refractivity contribution in [1.29, 1.82) is 0 Å². The molecule has 2 N–H and O–H groups in total. The molecule has 1 atom stereocenters. The first-order valence-corrected chi connectivity index (χ1v) is 9.45. The Morgan fingerprint density at radius 2 is 1.96 bits per heavy atom. The summed E-state index contributed by atoms with van der Waals surface area (Å²) in [6.07, 6.45) is 5.89. The molecule has 2 aliphatic rings. The predicted molar refractivity (Wildman–Crippen MR) is 98.6 cm³/mol. The van der Waals surface area contributed by atoms with E-state index in [4.69, 9.17) is 11.6 Å². The second-order valence-corrected chi connectivity index (χ2v) is 7.64. The fraction of sp³-hybridized carbons (Fsp3) is 0.526. The lowest BCUT2D eigenvalue weighted by molar-refractivity contribution is -0.134. The molecular formula is C19H24ClN3O3. The van der Waals surface area contributed by atoms with Gasteiger partial charge in [-0.2, -0.15) is 0 Å². The number of hydrogen-bond acceptors (Lipinski definition) is 3. The van der Waals surface area contributed by atoms with E-state index in [1.807, 2.05) is 0 Å². The summed E-state index contributed by atoms with van der Waals surface area (Å²) >= 11 is 6.19. The third-order valence-corrected chi connectivity index (χ3v) is 5.63. The minimum atomic E-state index is -1.26. The van der Waals surface area contributed by atoms with Crippen molar-refractivity contribution >= 4 is 29.4 Å². The van der Waals surface area contributed by atoms with Gasteiger partial charge < -0.3 is 10.6 Å². The molecule has 2 fully saturated rings. The van der Waals surface area contributed by atoms with E-state index in [1.165, 1.54) is 19.3 Å². The van der Waals surface area contributed by atoms with E-state index in [-0.39, 0.29) is 12.5 Å². The molecule has 7 heteroatoms. The number of hydrogen-bond donors (Lipinski definition) is 2. The van der Waals surface area contributed by atoms with E-state index in [0.29, 0.717) is 23.0 Å². The van der Waals surface area contributed by atoms with E-state index >= 15 is 0 Å². The van der Waals surface area contributed by atoms with Crippen LogP contribution in [0.3, 0.4) is 0 Å². The number of benzene rings is 1. The molecule has 26 heavy (non-hydrogen) atoms. The number of carbonyl (C=O) groups is 3. The highest BCUT2D eigenvalue weighted by atomic mass is 35.5. The molecule has 140 valence electrons. The van der Waals surface area contributed by atoms with E-state index in [2.05, 4.69) is 10.6 Å². The summed E-state index contributed by atoms with van der Waals surface area (Å²) in [4.78, 5) is 38.3. The first-order valence-electron chi connectivity index (χ1n) is 9.07. The molecule has 1 aromatic carbocycles. The summed E-state index contributed by atoms with van der Waals surface area (Å²) in [5.74, 6) is -0.296. The third-order valence-electron chi connectivity index (χ3n) is 5.30. The minimum absolute atomic E-state index is 0.280. The lowest BCUT2D eigenvalue weighted by atomic mass is 9.89. The lowest BCUT2D eigenvalue weighted by Crippen LogP contribution is -2.44. The molecule has 1 saturated carbocycles. The van der Waals surface area contributed by atoms with Crippen molar-refractivity contribution < 1.29 is 14.4 Å². The molecule has 3 rings (SSSR count). The van der Waals surface area contributed by atoms with Crippen molar-refractivity contribution in [2.24, 2.45) is 5.92 Å². The van der Waals surface area contributed by atoms with E-state index < -0.39 is 17.5 Å². The number of halogens is 1. The molecular weight excluding hydrogens is 354 g/mol. The second kappa shape index (κ2) is 7.66. The fourth-order valence-corrected chi connectivity index (χ4v) is 4.06. The lowest BCUT2D eigenvalue weighted by Gasteiger charge is -2.24. The summed E-state index contributed by atoms with van der Waals surface area (Å²) in [6.45, 7) is 1.93. The molecule has 1 saturated heterocycles. The molecule has 1 aliphatic carbocycles. The minimum Gasteiger partial charge on any atom is -0.354 e. The van der Waals surface area contributed by atoms with Crippen LogP contribution < -0.4 is 10.6 Å². The number of urea groups is 1. The highest BCUT2D eigenvalue weighted by Crippen LogP contribution is 2.33. The number of carbonyl (C=O) groups excluding carboxylic acids is 3. The standard InChI is InChI=1S/C19H24ClN3O3/c1-19(14-9-5-6-10-15(14)20)17(25)23(18(26)22-19)12-16(24)21-11-13-7-3-2-4-8-13/h5-6,9-10,13H,2-4,7-8,11-12H2,1H3,(H,21,24)(H,22,26)/t19-/m0/s1. The monoisotopic (exact) mass is 377 g/mol. The maximum Gasteiger partial charge on any atom is 0.325 e. The zero-order chi connectivity index (χ0) is 18.7. The average molecular weight is 378 g/mol. The molecule has 1 heterocycles. The second-order valence-electron chi connectivity index (χ2n) is 7.23. The largest absolute Gasteiger partial charge is 0.354 e. The molecule has 0 bridgehead atoms. The zero-order valence-corrected chi connectivity index (χ0v) is 15.6. The zero-order valence-electron chi connectivity index (χ0n) is 14.9. The van der Waals surface area contributed by atoms with Gasteiger partial charge in [-0.05, 0) is 31.7 Å². The molecule has 0 spiro atoms. The molecule has 4 amide bonds. The van der Waals surface area contributed by atoms with Crippen LogP contribution in [0, 0.1) is 5.92 Å². The maximum atomic E-state index is 12.8. The molecule has 0 aromatic heterocycles. The van der Waals surface area contributed by atoms with E-state index in [1.54, 1.807) is 31.2 Å². The van der Waals surface area contributed by atoms with Crippen LogP contribution in [0.4, 0.5) is 4.79 Å². The summed E-state index contributed by atoms with van der Waals surface area (Å²) < 4.78 is 0. The van der Waals surface area contributed by atoms with Gasteiger partial charge in [0, 0.05) is 17.1 Å². The number of nitrogens with zero attached hydrogens (tertiary/aromatic N) is 1. The predicted octanol–water partition coefficient (Wildman–Crippen LogP) is 2.80. The van der Waals surface area contributed by atoms with Crippen LogP contribution in [-0.2, 0) is 15.1 Å². The Labute approximate surface area is 158 Å². The van der Waals surface area contributed by atoms with Crippen LogP contribution >= 0.6 is 11.6 Å². The molecule has 0 radical (unpaired) electrons. The Kier molecular flexibility index (Phi) is 5.51. The maximum absolute atomic E-state index is 12.8. The van der Waals surface area contributed by atoms with Gasteiger partial charge in [0.1, 0.15) is 12.1 Å². The summed E-state index contributed by atoms with van der Waals surface area (Å²) in [5.41, 5.74) is -0.746. The molecule has 1 aliphatic heterocycles. The van der Waals surface area contributed by atoms with Crippen LogP contribution in [0.1, 0.15) is 44.6 Å². The SMILES string of the molecule is C[C@@]1(c2ccccc2Cl)NC(=O)N(CC(=O)NCC2CCCCC2)C1=O. The van der Waals surface area contributed by atoms with Crippen molar-refractivity contribution in [1.82, 2.24) is 15.5 Å². The van der Waals surface area contributed by atoms with Gasteiger partial charge in [0.05, 0.1) is 0 Å². The van der Waals surface area contributed by atoms with Crippen LogP contribution in [0.15, 0.2) is 24.3 Å².